The second kappa shape index (κ2) is 11.3. The first kappa shape index (κ1) is 20.8. The van der Waals surface area contributed by atoms with Crippen LogP contribution in [0.4, 0.5) is 0 Å². The van der Waals surface area contributed by atoms with E-state index in [0.717, 1.165) is 24.9 Å². The van der Waals surface area contributed by atoms with E-state index in [1.54, 1.807) is 6.07 Å². The molecular formula is C15H27IN4O2. The molecule has 0 atom stereocenters. The van der Waals surface area contributed by atoms with E-state index in [2.05, 4.69) is 29.5 Å². The van der Waals surface area contributed by atoms with E-state index in [0.29, 0.717) is 30.7 Å². The van der Waals surface area contributed by atoms with Gasteiger partial charge in [-0.3, -0.25) is 9.79 Å². The first-order valence-electron chi connectivity index (χ1n) is 7.36. The quantitative estimate of drug-likeness (QED) is 0.259. The summed E-state index contributed by atoms with van der Waals surface area (Å²) in [6.07, 6.45) is 3.31. The molecule has 7 heteroatoms. The van der Waals surface area contributed by atoms with Crippen LogP contribution in [0.1, 0.15) is 42.8 Å². The molecule has 0 saturated heterocycles. The Hall–Kier alpha value is -1.25. The molecule has 0 radical (unpaired) electrons. The van der Waals surface area contributed by atoms with Gasteiger partial charge in [-0.15, -0.1) is 24.0 Å². The largest absolute Gasteiger partial charge is 0.459 e. The van der Waals surface area contributed by atoms with Crippen molar-refractivity contribution in [3.05, 3.63) is 23.7 Å². The lowest BCUT2D eigenvalue weighted by atomic mass is 10.1. The monoisotopic (exact) mass is 422 g/mol. The van der Waals surface area contributed by atoms with Gasteiger partial charge in [0.15, 0.2) is 11.7 Å². The number of aliphatic imine (C=N–C) groups is 1. The molecule has 1 rings (SSSR count). The van der Waals surface area contributed by atoms with Crippen LogP contribution < -0.4 is 16.4 Å². The van der Waals surface area contributed by atoms with Crippen LogP contribution in [0, 0.1) is 12.8 Å². The summed E-state index contributed by atoms with van der Waals surface area (Å²) in [4.78, 5) is 16.0. The number of nitrogens with two attached hydrogens (primary N) is 1. The van der Waals surface area contributed by atoms with Crippen molar-refractivity contribution in [1.29, 1.82) is 0 Å². The van der Waals surface area contributed by atoms with Gasteiger partial charge in [0.05, 0.1) is 6.26 Å². The lowest BCUT2D eigenvalue weighted by molar-refractivity contribution is 0.0925. The summed E-state index contributed by atoms with van der Waals surface area (Å²) in [5.41, 5.74) is 6.57. The Bertz CT molecular complexity index is 472. The molecule has 0 unspecified atom stereocenters. The first-order valence-corrected chi connectivity index (χ1v) is 7.36. The minimum atomic E-state index is -0.190. The zero-order chi connectivity index (χ0) is 15.7. The Morgan fingerprint density at radius 3 is 2.68 bits per heavy atom. The van der Waals surface area contributed by atoms with Crippen LogP contribution in [0.3, 0.4) is 0 Å². The molecule has 1 aromatic rings. The summed E-state index contributed by atoms with van der Waals surface area (Å²) in [6, 6.07) is 1.77. The van der Waals surface area contributed by atoms with E-state index in [1.807, 2.05) is 6.92 Å². The van der Waals surface area contributed by atoms with E-state index in [4.69, 9.17) is 10.2 Å². The third-order valence-electron chi connectivity index (χ3n) is 3.00. The molecule has 0 saturated carbocycles. The number of guanidine groups is 1. The molecule has 6 nitrogen and oxygen atoms in total. The summed E-state index contributed by atoms with van der Waals surface area (Å²) >= 11 is 0. The SMILES string of the molecule is Cc1ccoc1C(=O)NCCCN=C(N)NCCC(C)C.I. The van der Waals surface area contributed by atoms with Crippen molar-refractivity contribution >= 4 is 35.8 Å². The zero-order valence-corrected chi connectivity index (χ0v) is 15.8. The second-order valence-corrected chi connectivity index (χ2v) is 5.42. The minimum Gasteiger partial charge on any atom is -0.459 e. The summed E-state index contributed by atoms with van der Waals surface area (Å²) < 4.78 is 5.12. The molecule has 22 heavy (non-hydrogen) atoms. The van der Waals surface area contributed by atoms with Crippen molar-refractivity contribution in [2.24, 2.45) is 16.6 Å². The highest BCUT2D eigenvalue weighted by Crippen LogP contribution is 2.07. The van der Waals surface area contributed by atoms with Crippen molar-refractivity contribution in [2.75, 3.05) is 19.6 Å². The fourth-order valence-corrected chi connectivity index (χ4v) is 1.71. The van der Waals surface area contributed by atoms with E-state index in [9.17, 15) is 4.79 Å². The van der Waals surface area contributed by atoms with Crippen LogP contribution in [0.15, 0.2) is 21.7 Å². The highest BCUT2D eigenvalue weighted by molar-refractivity contribution is 14.0. The van der Waals surface area contributed by atoms with Crippen molar-refractivity contribution in [2.45, 2.75) is 33.6 Å². The molecule has 0 aliphatic rings. The average molecular weight is 422 g/mol. The van der Waals surface area contributed by atoms with Crippen LogP contribution in [0.2, 0.25) is 0 Å². The Kier molecular flexibility index (Phi) is 10.7. The first-order chi connectivity index (χ1) is 10.0. The molecule has 0 aliphatic carbocycles. The highest BCUT2D eigenvalue weighted by Gasteiger charge is 2.11. The lowest BCUT2D eigenvalue weighted by Crippen LogP contribution is -2.33. The average Bonchev–Trinajstić information content (AvgIpc) is 2.84. The summed E-state index contributed by atoms with van der Waals surface area (Å²) in [6.45, 7) is 8.13. The van der Waals surface area contributed by atoms with Gasteiger partial charge >= 0.3 is 0 Å². The number of amides is 1. The Morgan fingerprint density at radius 2 is 2.09 bits per heavy atom. The molecule has 1 heterocycles. The van der Waals surface area contributed by atoms with Gasteiger partial charge in [0.1, 0.15) is 0 Å². The van der Waals surface area contributed by atoms with Crippen LogP contribution in [0.5, 0.6) is 0 Å². The Morgan fingerprint density at radius 1 is 1.36 bits per heavy atom. The molecule has 1 aromatic heterocycles. The van der Waals surface area contributed by atoms with E-state index < -0.39 is 0 Å². The fourth-order valence-electron chi connectivity index (χ4n) is 1.71. The molecule has 126 valence electrons. The number of nitrogens with one attached hydrogen (secondary N) is 2. The van der Waals surface area contributed by atoms with Gasteiger partial charge in [0, 0.05) is 25.2 Å². The van der Waals surface area contributed by atoms with Crippen molar-refractivity contribution in [3.8, 4) is 0 Å². The number of carbonyl (C=O) groups is 1. The minimum absolute atomic E-state index is 0. The van der Waals surface area contributed by atoms with Gasteiger partial charge in [-0.25, -0.2) is 0 Å². The maximum absolute atomic E-state index is 11.8. The highest BCUT2D eigenvalue weighted by atomic mass is 127. The van der Waals surface area contributed by atoms with Gasteiger partial charge in [0.25, 0.3) is 5.91 Å². The smallest absolute Gasteiger partial charge is 0.287 e. The summed E-state index contributed by atoms with van der Waals surface area (Å²) in [7, 11) is 0. The standard InChI is InChI=1S/C15H26N4O2.HI/c1-11(2)5-9-19-15(16)18-8-4-7-17-14(20)13-12(3)6-10-21-13;/h6,10-11H,4-5,7-9H2,1-3H3,(H,17,20)(H3,16,18,19);1H. The number of carbonyl (C=O) groups excluding carboxylic acids is 1. The lowest BCUT2D eigenvalue weighted by Gasteiger charge is -2.07. The van der Waals surface area contributed by atoms with E-state index >= 15 is 0 Å². The molecule has 0 fully saturated rings. The van der Waals surface area contributed by atoms with Gasteiger partial charge in [0.2, 0.25) is 0 Å². The van der Waals surface area contributed by atoms with Crippen molar-refractivity contribution in [3.63, 3.8) is 0 Å². The maximum atomic E-state index is 11.8. The number of aryl methyl sites for hydroxylation is 1. The van der Waals surface area contributed by atoms with Gasteiger partial charge in [-0.1, -0.05) is 13.8 Å². The molecule has 1 amide bonds. The van der Waals surface area contributed by atoms with Crippen molar-refractivity contribution < 1.29 is 9.21 Å². The Labute approximate surface area is 149 Å². The zero-order valence-electron chi connectivity index (χ0n) is 13.5. The van der Waals surface area contributed by atoms with Gasteiger partial charge in [-0.05, 0) is 31.7 Å². The Balaban J connectivity index is 0.00000441. The van der Waals surface area contributed by atoms with Crippen molar-refractivity contribution in [1.82, 2.24) is 10.6 Å². The molecule has 0 spiro atoms. The number of rotatable bonds is 8. The van der Waals surface area contributed by atoms with Crippen LogP contribution in [-0.4, -0.2) is 31.5 Å². The van der Waals surface area contributed by atoms with Gasteiger partial charge in [-0.2, -0.15) is 0 Å². The van der Waals surface area contributed by atoms with Crippen LogP contribution in [-0.2, 0) is 0 Å². The maximum Gasteiger partial charge on any atom is 0.287 e. The predicted molar refractivity (Wildman–Crippen MR) is 99.8 cm³/mol. The van der Waals surface area contributed by atoms with Crippen LogP contribution in [0.25, 0.3) is 0 Å². The summed E-state index contributed by atoms with van der Waals surface area (Å²) in [5.74, 6) is 1.28. The number of furan rings is 1. The van der Waals surface area contributed by atoms with E-state index in [1.165, 1.54) is 6.26 Å². The normalized spacial score (nSPS) is 11.2. The van der Waals surface area contributed by atoms with E-state index in [-0.39, 0.29) is 29.9 Å². The topological polar surface area (TPSA) is 92.7 Å². The molecule has 0 aliphatic heterocycles. The molecule has 0 bridgehead atoms. The number of hydrogen-bond donors (Lipinski definition) is 3. The van der Waals surface area contributed by atoms with Gasteiger partial charge < -0.3 is 20.8 Å². The third-order valence-corrected chi connectivity index (χ3v) is 3.00. The number of nitrogens with zero attached hydrogens (tertiary/aromatic N) is 1. The fraction of sp³-hybridized carbons (Fsp3) is 0.600. The number of halogens is 1. The second-order valence-electron chi connectivity index (χ2n) is 5.42. The molecular weight excluding hydrogens is 395 g/mol. The number of hydrogen-bond acceptors (Lipinski definition) is 3. The predicted octanol–water partition coefficient (Wildman–Crippen LogP) is 2.28. The summed E-state index contributed by atoms with van der Waals surface area (Å²) in [5, 5.41) is 5.86. The third kappa shape index (κ3) is 8.26. The van der Waals surface area contributed by atoms with Crippen LogP contribution >= 0.6 is 24.0 Å². The molecule has 0 aromatic carbocycles. The molecule has 4 N–H and O–H groups in total.